The Morgan fingerprint density at radius 1 is 1.09 bits per heavy atom. The number of rotatable bonds is 6. The topological polar surface area (TPSA) is 50.4 Å². The number of carbonyl (C=O) groups is 1. The Hall–Kier alpha value is -2.04. The van der Waals surface area contributed by atoms with E-state index >= 15 is 0 Å². The first-order chi connectivity index (χ1) is 11.2. The van der Waals surface area contributed by atoms with Crippen LogP contribution in [0, 0.1) is 0 Å². The molecule has 0 atom stereocenters. The lowest BCUT2D eigenvalue weighted by Gasteiger charge is -2.17. The molecular formula is C18H19ClN2O2. The largest absolute Gasteiger partial charge is 0.338 e. The van der Waals surface area contributed by atoms with E-state index in [0.29, 0.717) is 13.2 Å². The van der Waals surface area contributed by atoms with Crippen molar-refractivity contribution in [3.63, 3.8) is 0 Å². The van der Waals surface area contributed by atoms with E-state index in [2.05, 4.69) is 10.8 Å². The molecule has 0 bridgehead atoms. The van der Waals surface area contributed by atoms with Gasteiger partial charge in [-0.05, 0) is 36.1 Å². The number of benzene rings is 2. The van der Waals surface area contributed by atoms with Gasteiger partial charge in [0, 0.05) is 17.0 Å². The number of carbonyl (C=O) groups excluding carboxylic acids is 1. The predicted octanol–water partition coefficient (Wildman–Crippen LogP) is 3.80. The minimum atomic E-state index is -0.318. The first-order valence-electron chi connectivity index (χ1n) is 7.64. The molecule has 0 aromatic heterocycles. The molecule has 2 amide bonds. The lowest BCUT2D eigenvalue weighted by Crippen LogP contribution is -2.39. The summed E-state index contributed by atoms with van der Waals surface area (Å²) in [4.78, 5) is 17.0. The van der Waals surface area contributed by atoms with Crippen LogP contribution >= 0.6 is 11.6 Å². The summed E-state index contributed by atoms with van der Waals surface area (Å²) >= 11 is 5.92. The standard InChI is InChI=1S/C18H19ClN2O2/c19-16-8-6-15(7-9-16)18(10-11-18)13-20-17(22)21-23-12-14-4-2-1-3-5-14/h1-9H,10-13H2,(H2,20,21,22). The van der Waals surface area contributed by atoms with Crippen molar-refractivity contribution in [2.75, 3.05) is 6.54 Å². The predicted molar refractivity (Wildman–Crippen MR) is 90.1 cm³/mol. The summed E-state index contributed by atoms with van der Waals surface area (Å²) in [6, 6.07) is 17.2. The van der Waals surface area contributed by atoms with E-state index < -0.39 is 0 Å². The van der Waals surface area contributed by atoms with E-state index in [1.165, 1.54) is 5.56 Å². The highest BCUT2D eigenvalue weighted by atomic mass is 35.5. The number of hydrogen-bond acceptors (Lipinski definition) is 2. The second-order valence-electron chi connectivity index (χ2n) is 5.85. The van der Waals surface area contributed by atoms with Crippen LogP contribution in [0.3, 0.4) is 0 Å². The monoisotopic (exact) mass is 330 g/mol. The lowest BCUT2D eigenvalue weighted by atomic mass is 9.96. The van der Waals surface area contributed by atoms with Gasteiger partial charge in [-0.3, -0.25) is 4.84 Å². The second kappa shape index (κ2) is 7.02. The molecule has 2 aromatic rings. The third-order valence-electron chi connectivity index (χ3n) is 4.14. The molecule has 0 spiro atoms. The van der Waals surface area contributed by atoms with Gasteiger partial charge in [-0.1, -0.05) is 54.1 Å². The molecule has 0 unspecified atom stereocenters. The maximum atomic E-state index is 11.8. The number of urea groups is 1. The fourth-order valence-corrected chi connectivity index (χ4v) is 2.69. The van der Waals surface area contributed by atoms with E-state index in [1.807, 2.05) is 54.6 Å². The van der Waals surface area contributed by atoms with Gasteiger partial charge in [-0.15, -0.1) is 0 Å². The normalized spacial score (nSPS) is 15.0. The minimum absolute atomic E-state index is 0.0430. The Bertz CT molecular complexity index is 654. The summed E-state index contributed by atoms with van der Waals surface area (Å²) < 4.78 is 0. The molecule has 2 N–H and O–H groups in total. The zero-order valence-electron chi connectivity index (χ0n) is 12.7. The maximum absolute atomic E-state index is 11.8. The van der Waals surface area contributed by atoms with Crippen molar-refractivity contribution in [3.05, 3.63) is 70.7 Å². The smallest absolute Gasteiger partial charge is 0.335 e. The van der Waals surface area contributed by atoms with E-state index in [4.69, 9.17) is 16.4 Å². The van der Waals surface area contributed by atoms with Gasteiger partial charge in [0.05, 0.1) is 6.61 Å². The summed E-state index contributed by atoms with van der Waals surface area (Å²) in [6.45, 7) is 0.936. The minimum Gasteiger partial charge on any atom is -0.335 e. The maximum Gasteiger partial charge on any atom is 0.338 e. The molecule has 1 fully saturated rings. The van der Waals surface area contributed by atoms with Gasteiger partial charge in [-0.25, -0.2) is 10.3 Å². The lowest BCUT2D eigenvalue weighted by molar-refractivity contribution is 0.0489. The van der Waals surface area contributed by atoms with Gasteiger partial charge in [0.25, 0.3) is 0 Å². The molecule has 0 radical (unpaired) electrons. The van der Waals surface area contributed by atoms with Crippen LogP contribution in [-0.4, -0.2) is 12.6 Å². The van der Waals surface area contributed by atoms with Gasteiger partial charge in [0.1, 0.15) is 0 Å². The molecule has 23 heavy (non-hydrogen) atoms. The molecule has 3 rings (SSSR count). The van der Waals surface area contributed by atoms with Crippen LogP contribution in [0.2, 0.25) is 5.02 Å². The van der Waals surface area contributed by atoms with Gasteiger partial charge in [-0.2, -0.15) is 0 Å². The van der Waals surface area contributed by atoms with Crippen molar-refractivity contribution >= 4 is 17.6 Å². The van der Waals surface area contributed by atoms with Crippen LogP contribution in [0.1, 0.15) is 24.0 Å². The first kappa shape index (κ1) is 15.8. The number of amides is 2. The van der Waals surface area contributed by atoms with E-state index in [1.54, 1.807) is 0 Å². The highest BCUT2D eigenvalue weighted by Gasteiger charge is 2.44. The number of halogens is 1. The molecule has 4 nitrogen and oxygen atoms in total. The highest BCUT2D eigenvalue weighted by Crippen LogP contribution is 2.47. The van der Waals surface area contributed by atoms with E-state index in [9.17, 15) is 4.79 Å². The summed E-state index contributed by atoms with van der Waals surface area (Å²) in [6.07, 6.45) is 2.14. The number of nitrogens with one attached hydrogen (secondary N) is 2. The zero-order chi connectivity index (χ0) is 16.1. The van der Waals surface area contributed by atoms with Gasteiger partial charge < -0.3 is 5.32 Å². The van der Waals surface area contributed by atoms with Crippen molar-refractivity contribution in [1.82, 2.24) is 10.8 Å². The SMILES string of the molecule is O=C(NCC1(c2ccc(Cl)cc2)CC1)NOCc1ccccc1. The average Bonchev–Trinajstić information content (AvgIpc) is 3.36. The van der Waals surface area contributed by atoms with Crippen LogP contribution in [0.5, 0.6) is 0 Å². The summed E-state index contributed by atoms with van der Waals surface area (Å²) in [5, 5.41) is 3.60. The van der Waals surface area contributed by atoms with E-state index in [-0.39, 0.29) is 11.4 Å². The number of hydroxylamine groups is 1. The van der Waals surface area contributed by atoms with Crippen molar-refractivity contribution in [3.8, 4) is 0 Å². The molecule has 2 aromatic carbocycles. The van der Waals surface area contributed by atoms with Crippen molar-refractivity contribution in [2.45, 2.75) is 24.9 Å². The van der Waals surface area contributed by atoms with Crippen molar-refractivity contribution in [2.24, 2.45) is 0 Å². The zero-order valence-corrected chi connectivity index (χ0v) is 13.5. The molecule has 5 heteroatoms. The molecule has 0 saturated heterocycles. The van der Waals surface area contributed by atoms with Crippen LogP contribution in [0.15, 0.2) is 54.6 Å². The molecule has 0 aliphatic heterocycles. The highest BCUT2D eigenvalue weighted by molar-refractivity contribution is 6.30. The summed E-state index contributed by atoms with van der Waals surface area (Å²) in [5.41, 5.74) is 4.69. The van der Waals surface area contributed by atoms with E-state index in [0.717, 1.165) is 23.4 Å². The molecular weight excluding hydrogens is 312 g/mol. The third kappa shape index (κ3) is 4.24. The fourth-order valence-electron chi connectivity index (χ4n) is 2.57. The van der Waals surface area contributed by atoms with Crippen LogP contribution in [0.4, 0.5) is 4.79 Å². The molecule has 120 valence electrons. The Morgan fingerprint density at radius 3 is 2.43 bits per heavy atom. The van der Waals surface area contributed by atoms with Crippen LogP contribution in [0.25, 0.3) is 0 Å². The Morgan fingerprint density at radius 2 is 1.78 bits per heavy atom. The fraction of sp³-hybridized carbons (Fsp3) is 0.278. The first-order valence-corrected chi connectivity index (χ1v) is 8.01. The Labute approximate surface area is 140 Å². The van der Waals surface area contributed by atoms with Gasteiger partial charge in [0.2, 0.25) is 0 Å². The third-order valence-corrected chi connectivity index (χ3v) is 4.40. The average molecular weight is 331 g/mol. The van der Waals surface area contributed by atoms with Gasteiger partial charge >= 0.3 is 6.03 Å². The molecule has 1 aliphatic carbocycles. The second-order valence-corrected chi connectivity index (χ2v) is 6.28. The quantitative estimate of drug-likeness (QED) is 0.791. The molecule has 1 aliphatic rings. The van der Waals surface area contributed by atoms with Crippen molar-refractivity contribution in [1.29, 1.82) is 0 Å². The molecule has 1 saturated carbocycles. The Balaban J connectivity index is 1.43. The van der Waals surface area contributed by atoms with Crippen molar-refractivity contribution < 1.29 is 9.63 Å². The Kier molecular flexibility index (Phi) is 4.84. The number of hydrogen-bond donors (Lipinski definition) is 2. The summed E-state index contributed by atoms with van der Waals surface area (Å²) in [7, 11) is 0. The van der Waals surface area contributed by atoms with Crippen LogP contribution < -0.4 is 10.8 Å². The van der Waals surface area contributed by atoms with Gasteiger partial charge in [0.15, 0.2) is 0 Å². The van der Waals surface area contributed by atoms with Crippen LogP contribution in [-0.2, 0) is 16.9 Å². The summed E-state index contributed by atoms with van der Waals surface area (Å²) in [5.74, 6) is 0. The molecule has 0 heterocycles.